The van der Waals surface area contributed by atoms with Gasteiger partial charge in [0, 0.05) is 78.3 Å². The molecule has 0 atom stereocenters. The zero-order valence-electron chi connectivity index (χ0n) is 1.90. The average Bonchev–Trinajstić information content (AvgIpc) is 0. The first-order valence-corrected chi connectivity index (χ1v) is 0. The number of hydrogen-bond donors (Lipinski definition) is 0. The van der Waals surface area contributed by atoms with Crippen LogP contribution in [0.15, 0.2) is 0 Å². The third kappa shape index (κ3) is 8.82. The Hall–Kier alpha value is 2.49. The average molecular weight is 186 g/mol. The summed E-state index contributed by atoms with van der Waals surface area (Å²) in [5, 5.41) is 0. The van der Waals surface area contributed by atoms with Crippen molar-refractivity contribution in [3.05, 3.63) is 0 Å². The zero-order valence-corrected chi connectivity index (χ0v) is 7.05. The fraction of sp³-hybridized carbons (Fsp3) is 0. The van der Waals surface area contributed by atoms with Gasteiger partial charge in [-0.3, -0.25) is 0 Å². The second-order valence-corrected chi connectivity index (χ2v) is 0. The molecule has 4 heteroatoms. The first-order chi connectivity index (χ1) is 0. The molecule has 0 aromatic rings. The molecule has 23 valence electrons. The van der Waals surface area contributed by atoms with E-state index in [1.54, 1.807) is 0 Å². The molecule has 0 aliphatic rings. The van der Waals surface area contributed by atoms with Crippen molar-refractivity contribution in [2.24, 2.45) is 0 Å². The van der Waals surface area contributed by atoms with E-state index < -0.39 is 0 Å². The first-order valence-electron chi connectivity index (χ1n) is 0. The van der Waals surface area contributed by atoms with Gasteiger partial charge in [0.05, 0.1) is 0 Å². The Morgan fingerprint density at radius 3 is 1.00 bits per heavy atom. The monoisotopic (exact) mass is 185 g/mol. The van der Waals surface area contributed by atoms with Gasteiger partial charge in [0.15, 0.2) is 0 Å². The molecule has 0 aromatic carbocycles. The molecule has 0 unspecified atom stereocenters. The summed E-state index contributed by atoms with van der Waals surface area (Å²) < 4.78 is 0. The molecule has 0 amide bonds. The molecule has 0 spiro atoms. The van der Waals surface area contributed by atoms with Crippen LogP contribution >= 0.6 is 0 Å². The summed E-state index contributed by atoms with van der Waals surface area (Å²) in [4.78, 5) is 0. The molecule has 0 heterocycles. The molecule has 0 aromatic heterocycles. The molecule has 3 radical (unpaired) electrons. The van der Waals surface area contributed by atoms with E-state index in [0.717, 1.165) is 0 Å². The molecule has 0 fully saturated rings. The predicted molar refractivity (Wildman–Crippen MR) is 5.75 cm³/mol. The van der Waals surface area contributed by atoms with Gasteiger partial charge >= 0.3 is 0 Å². The van der Waals surface area contributed by atoms with Crippen molar-refractivity contribution in [1.82, 2.24) is 0 Å². The Kier molecular flexibility index (Phi) is 141. The third-order valence-corrected chi connectivity index (χ3v) is 0. The molecule has 0 rings (SSSR count). The van der Waals surface area contributed by atoms with Crippen LogP contribution in [0.4, 0.5) is 0 Å². The molecule has 0 aliphatic carbocycles. The number of rotatable bonds is 0. The SMILES string of the molecule is [Mg].[Mn].[Ni].[Ti]. The second kappa shape index (κ2) is 17.8. The molecule has 0 N–H and O–H groups in total. The normalized spacial score (nSPS) is 0. The van der Waals surface area contributed by atoms with Crippen LogP contribution < -0.4 is 0 Å². The minimum atomic E-state index is 0. The molecule has 0 aliphatic heterocycles. The third-order valence-electron chi connectivity index (χ3n) is 0. The largest absolute Gasteiger partial charge is 0 e. The quantitative estimate of drug-likeness (QED) is 0.452. The van der Waals surface area contributed by atoms with E-state index in [4.69, 9.17) is 0 Å². The standard InChI is InChI=1S/Mg.Mn.Ni.Ti. The summed E-state index contributed by atoms with van der Waals surface area (Å²) in [6.45, 7) is 0. The van der Waals surface area contributed by atoms with Crippen molar-refractivity contribution < 1.29 is 55.3 Å². The zero-order chi connectivity index (χ0) is 0. The van der Waals surface area contributed by atoms with E-state index in [1.807, 2.05) is 0 Å². The van der Waals surface area contributed by atoms with Crippen LogP contribution in [0.5, 0.6) is 0 Å². The number of hydrogen-bond acceptors (Lipinski definition) is 0. The van der Waals surface area contributed by atoms with Crippen molar-refractivity contribution in [2.75, 3.05) is 0 Å². The van der Waals surface area contributed by atoms with E-state index in [1.165, 1.54) is 0 Å². The van der Waals surface area contributed by atoms with Crippen molar-refractivity contribution in [1.29, 1.82) is 0 Å². The Bertz CT molecular complexity index is 8.00. The summed E-state index contributed by atoms with van der Waals surface area (Å²) in [5.74, 6) is 0. The summed E-state index contributed by atoms with van der Waals surface area (Å²) in [6, 6.07) is 0. The van der Waals surface area contributed by atoms with Crippen molar-refractivity contribution >= 4 is 23.1 Å². The predicted octanol–water partition coefficient (Wildman–Crippen LogP) is -0.388. The molecule has 0 bridgehead atoms. The minimum Gasteiger partial charge on any atom is 0 e. The van der Waals surface area contributed by atoms with Crippen molar-refractivity contribution in [3.8, 4) is 0 Å². The smallest absolute Gasteiger partial charge is 0 e. The van der Waals surface area contributed by atoms with Crippen LogP contribution in [0.1, 0.15) is 0 Å². The Morgan fingerprint density at radius 1 is 1.00 bits per heavy atom. The molecule has 0 saturated carbocycles. The van der Waals surface area contributed by atoms with Crippen molar-refractivity contribution in [3.63, 3.8) is 0 Å². The molecular formula is MgMnNiTi. The summed E-state index contributed by atoms with van der Waals surface area (Å²) in [7, 11) is 0. The summed E-state index contributed by atoms with van der Waals surface area (Å²) in [6.07, 6.45) is 0. The van der Waals surface area contributed by atoms with Gasteiger partial charge in [0.2, 0.25) is 0 Å². The first kappa shape index (κ1) is 31.5. The van der Waals surface area contributed by atoms with Gasteiger partial charge in [0.1, 0.15) is 0 Å². The minimum absolute atomic E-state index is 0. The Morgan fingerprint density at radius 2 is 1.00 bits per heavy atom. The maximum absolute atomic E-state index is 0. The van der Waals surface area contributed by atoms with Crippen LogP contribution in [-0.4, -0.2) is 23.1 Å². The van der Waals surface area contributed by atoms with Crippen LogP contribution in [-0.2, 0) is 55.3 Å². The maximum atomic E-state index is 0. The van der Waals surface area contributed by atoms with E-state index in [2.05, 4.69) is 0 Å². The second-order valence-electron chi connectivity index (χ2n) is 0. The van der Waals surface area contributed by atoms with E-state index in [9.17, 15) is 0 Å². The molecule has 4 heavy (non-hydrogen) atoms. The van der Waals surface area contributed by atoms with E-state index in [0.29, 0.717) is 0 Å². The van der Waals surface area contributed by atoms with E-state index >= 15 is 0 Å². The summed E-state index contributed by atoms with van der Waals surface area (Å²) >= 11 is 0. The van der Waals surface area contributed by atoms with Gasteiger partial charge in [-0.25, -0.2) is 0 Å². The summed E-state index contributed by atoms with van der Waals surface area (Å²) in [5.41, 5.74) is 0. The van der Waals surface area contributed by atoms with Gasteiger partial charge in [-0.15, -0.1) is 0 Å². The topological polar surface area (TPSA) is 0 Å². The molecule has 0 saturated heterocycles. The molecular weight excluding hydrogens is 186 g/mol. The van der Waals surface area contributed by atoms with Gasteiger partial charge in [-0.1, -0.05) is 0 Å². The van der Waals surface area contributed by atoms with Crippen LogP contribution in [0.3, 0.4) is 0 Å². The maximum Gasteiger partial charge on any atom is 0 e. The van der Waals surface area contributed by atoms with Crippen LogP contribution in [0.2, 0.25) is 0 Å². The fourth-order valence-corrected chi connectivity index (χ4v) is 0. The Labute approximate surface area is 77.3 Å². The van der Waals surface area contributed by atoms with Gasteiger partial charge in [0.25, 0.3) is 0 Å². The Balaban J connectivity index is 0. The van der Waals surface area contributed by atoms with E-state index in [-0.39, 0.29) is 78.3 Å². The fourth-order valence-electron chi connectivity index (χ4n) is 0. The van der Waals surface area contributed by atoms with Gasteiger partial charge < -0.3 is 0 Å². The van der Waals surface area contributed by atoms with Gasteiger partial charge in [-0.05, 0) is 0 Å². The van der Waals surface area contributed by atoms with Crippen molar-refractivity contribution in [2.45, 2.75) is 0 Å². The van der Waals surface area contributed by atoms with Gasteiger partial charge in [-0.2, -0.15) is 0 Å². The molecule has 0 nitrogen and oxygen atoms in total. The van der Waals surface area contributed by atoms with Crippen LogP contribution in [0, 0.1) is 0 Å². The van der Waals surface area contributed by atoms with Crippen LogP contribution in [0.25, 0.3) is 0 Å².